The van der Waals surface area contributed by atoms with Crippen LogP contribution in [0.25, 0.3) is 0 Å². The summed E-state index contributed by atoms with van der Waals surface area (Å²) in [7, 11) is 3.22. The number of nitrogens with zero attached hydrogens (tertiary/aromatic N) is 1. The van der Waals surface area contributed by atoms with Crippen LogP contribution in [-0.2, 0) is 13.0 Å². The summed E-state index contributed by atoms with van der Waals surface area (Å²) in [6.07, 6.45) is 0.891. The molecule has 0 atom stereocenters. The van der Waals surface area contributed by atoms with Gasteiger partial charge >= 0.3 is 0 Å². The zero-order valence-electron chi connectivity index (χ0n) is 14.8. The fraction of sp³-hybridized carbons (Fsp3) is 0.444. The van der Waals surface area contributed by atoms with Gasteiger partial charge in [0, 0.05) is 18.5 Å². The zero-order chi connectivity index (χ0) is 17.7. The minimum Gasteiger partial charge on any atom is -0.497 e. The quantitative estimate of drug-likeness (QED) is 0.830. The van der Waals surface area contributed by atoms with Gasteiger partial charge in [0.25, 0.3) is 5.91 Å². The Kier molecular flexibility index (Phi) is 6.20. The van der Waals surface area contributed by atoms with Crippen LogP contribution in [0.15, 0.2) is 18.2 Å². The predicted octanol–water partition coefficient (Wildman–Crippen LogP) is 3.60. The number of carbonyl (C=O) groups is 1. The summed E-state index contributed by atoms with van der Waals surface area (Å²) in [6, 6.07) is 5.53. The van der Waals surface area contributed by atoms with Crippen molar-refractivity contribution < 1.29 is 14.3 Å². The number of nitrogens with one attached hydrogen (secondary N) is 1. The van der Waals surface area contributed by atoms with Gasteiger partial charge in [0.05, 0.1) is 24.9 Å². The maximum atomic E-state index is 12.5. The Morgan fingerprint density at radius 2 is 2.04 bits per heavy atom. The predicted molar refractivity (Wildman–Crippen MR) is 96.1 cm³/mol. The van der Waals surface area contributed by atoms with Crippen LogP contribution < -0.4 is 14.8 Å². The van der Waals surface area contributed by atoms with Crippen molar-refractivity contribution in [2.24, 2.45) is 5.92 Å². The lowest BCUT2D eigenvalue weighted by Crippen LogP contribution is -2.22. The molecule has 0 unspecified atom stereocenters. The van der Waals surface area contributed by atoms with Crippen LogP contribution in [0.2, 0.25) is 0 Å². The maximum Gasteiger partial charge on any atom is 0.263 e. The molecule has 0 bridgehead atoms. The van der Waals surface area contributed by atoms with Crippen molar-refractivity contribution in [3.63, 3.8) is 0 Å². The van der Waals surface area contributed by atoms with Gasteiger partial charge in [0.15, 0.2) is 0 Å². The summed E-state index contributed by atoms with van der Waals surface area (Å²) in [5, 5.41) is 3.95. The minimum absolute atomic E-state index is 0.107. The molecule has 2 rings (SSSR count). The number of ether oxygens (including phenoxy) is 2. The number of carbonyl (C=O) groups excluding carboxylic acids is 1. The SMILES string of the molecule is COc1ccc(OC)c(CNC(=O)c2sc(CC(C)C)nc2C)c1. The van der Waals surface area contributed by atoms with Crippen molar-refractivity contribution in [1.82, 2.24) is 10.3 Å². The smallest absolute Gasteiger partial charge is 0.263 e. The first-order valence-corrected chi connectivity index (χ1v) is 8.71. The summed E-state index contributed by atoms with van der Waals surface area (Å²) >= 11 is 1.47. The number of thiazole rings is 1. The Hall–Kier alpha value is -2.08. The number of methoxy groups -OCH3 is 2. The summed E-state index contributed by atoms with van der Waals surface area (Å²) in [5.74, 6) is 1.86. The molecule has 0 aliphatic carbocycles. The molecule has 0 aliphatic rings. The highest BCUT2D eigenvalue weighted by molar-refractivity contribution is 7.13. The molecule has 0 fully saturated rings. The largest absolute Gasteiger partial charge is 0.497 e. The second-order valence-electron chi connectivity index (χ2n) is 5.98. The number of hydrogen-bond donors (Lipinski definition) is 1. The molecule has 1 N–H and O–H groups in total. The Morgan fingerprint density at radius 3 is 2.67 bits per heavy atom. The second kappa shape index (κ2) is 8.15. The van der Waals surface area contributed by atoms with Gasteiger partial charge in [-0.2, -0.15) is 0 Å². The standard InChI is InChI=1S/C18H24N2O3S/c1-11(2)8-16-20-12(3)17(24-16)18(21)19-10-13-9-14(22-4)6-7-15(13)23-5/h6-7,9,11H,8,10H2,1-5H3,(H,19,21). The highest BCUT2D eigenvalue weighted by atomic mass is 32.1. The minimum atomic E-state index is -0.107. The summed E-state index contributed by atoms with van der Waals surface area (Å²) < 4.78 is 10.6. The number of amides is 1. The molecule has 0 radical (unpaired) electrons. The van der Waals surface area contributed by atoms with Crippen LogP contribution >= 0.6 is 11.3 Å². The van der Waals surface area contributed by atoms with Gasteiger partial charge in [-0.1, -0.05) is 13.8 Å². The topological polar surface area (TPSA) is 60.5 Å². The molecule has 6 heteroatoms. The van der Waals surface area contributed by atoms with Gasteiger partial charge in [-0.3, -0.25) is 4.79 Å². The Labute approximate surface area is 147 Å². The van der Waals surface area contributed by atoms with E-state index in [9.17, 15) is 4.79 Å². The van der Waals surface area contributed by atoms with Gasteiger partial charge in [-0.15, -0.1) is 11.3 Å². The fourth-order valence-electron chi connectivity index (χ4n) is 2.38. The van der Waals surface area contributed by atoms with Crippen molar-refractivity contribution in [2.75, 3.05) is 14.2 Å². The molecule has 1 aromatic heterocycles. The van der Waals surface area contributed by atoms with E-state index in [1.54, 1.807) is 14.2 Å². The highest BCUT2D eigenvalue weighted by Crippen LogP contribution is 2.25. The van der Waals surface area contributed by atoms with E-state index < -0.39 is 0 Å². The van der Waals surface area contributed by atoms with Gasteiger partial charge in [-0.25, -0.2) is 4.98 Å². The van der Waals surface area contributed by atoms with Crippen molar-refractivity contribution in [3.05, 3.63) is 39.3 Å². The first kappa shape index (κ1) is 18.3. The van der Waals surface area contributed by atoms with E-state index in [1.807, 2.05) is 25.1 Å². The summed E-state index contributed by atoms with van der Waals surface area (Å²) in [6.45, 7) is 6.54. The third kappa shape index (κ3) is 4.47. The van der Waals surface area contributed by atoms with E-state index in [0.29, 0.717) is 17.3 Å². The molecule has 1 heterocycles. The lowest BCUT2D eigenvalue weighted by atomic mass is 10.1. The van der Waals surface area contributed by atoms with Gasteiger partial charge in [0.2, 0.25) is 0 Å². The molecule has 0 aliphatic heterocycles. The van der Waals surface area contributed by atoms with E-state index in [2.05, 4.69) is 24.1 Å². The molecule has 1 aromatic carbocycles. The molecule has 0 saturated carbocycles. The van der Waals surface area contributed by atoms with Crippen LogP contribution in [0.3, 0.4) is 0 Å². The van der Waals surface area contributed by atoms with E-state index in [0.717, 1.165) is 34.2 Å². The molecule has 0 spiro atoms. The first-order valence-electron chi connectivity index (χ1n) is 7.90. The Balaban J connectivity index is 2.09. The van der Waals surface area contributed by atoms with Crippen molar-refractivity contribution in [1.29, 1.82) is 0 Å². The van der Waals surface area contributed by atoms with Crippen LogP contribution in [0.4, 0.5) is 0 Å². The van der Waals surface area contributed by atoms with Gasteiger partial charge < -0.3 is 14.8 Å². The summed E-state index contributed by atoms with van der Waals surface area (Å²) in [5.41, 5.74) is 1.65. The van der Waals surface area contributed by atoms with Crippen LogP contribution in [0.5, 0.6) is 11.5 Å². The number of aryl methyl sites for hydroxylation is 1. The average Bonchev–Trinajstić information content (AvgIpc) is 2.91. The molecule has 24 heavy (non-hydrogen) atoms. The monoisotopic (exact) mass is 348 g/mol. The Bertz CT molecular complexity index is 710. The van der Waals surface area contributed by atoms with Crippen LogP contribution in [0, 0.1) is 12.8 Å². The third-order valence-electron chi connectivity index (χ3n) is 3.56. The molecule has 5 nitrogen and oxygen atoms in total. The molecular formula is C18H24N2O3S. The lowest BCUT2D eigenvalue weighted by Gasteiger charge is -2.11. The molecule has 1 amide bonds. The van der Waals surface area contributed by atoms with E-state index >= 15 is 0 Å². The van der Waals surface area contributed by atoms with Gasteiger partial charge in [0.1, 0.15) is 16.4 Å². The molecule has 130 valence electrons. The van der Waals surface area contributed by atoms with Crippen molar-refractivity contribution in [3.8, 4) is 11.5 Å². The normalized spacial score (nSPS) is 10.8. The number of hydrogen-bond acceptors (Lipinski definition) is 5. The van der Waals surface area contributed by atoms with E-state index in [4.69, 9.17) is 9.47 Å². The second-order valence-corrected chi connectivity index (χ2v) is 7.06. The van der Waals surface area contributed by atoms with Gasteiger partial charge in [-0.05, 0) is 31.0 Å². The number of benzene rings is 1. The van der Waals surface area contributed by atoms with Crippen LogP contribution in [-0.4, -0.2) is 25.1 Å². The fourth-order valence-corrected chi connectivity index (χ4v) is 3.57. The molecular weight excluding hydrogens is 324 g/mol. The third-order valence-corrected chi connectivity index (χ3v) is 4.74. The lowest BCUT2D eigenvalue weighted by molar-refractivity contribution is 0.0954. The Morgan fingerprint density at radius 1 is 1.29 bits per heavy atom. The van der Waals surface area contributed by atoms with Crippen LogP contribution in [0.1, 0.15) is 39.8 Å². The number of rotatable bonds is 7. The van der Waals surface area contributed by atoms with E-state index in [-0.39, 0.29) is 5.91 Å². The first-order chi connectivity index (χ1) is 11.4. The van der Waals surface area contributed by atoms with Crippen molar-refractivity contribution in [2.45, 2.75) is 33.7 Å². The summed E-state index contributed by atoms with van der Waals surface area (Å²) in [4.78, 5) is 17.7. The van der Waals surface area contributed by atoms with E-state index in [1.165, 1.54) is 11.3 Å². The number of aromatic nitrogens is 1. The molecule has 0 saturated heterocycles. The van der Waals surface area contributed by atoms with Crippen molar-refractivity contribution >= 4 is 17.2 Å². The average molecular weight is 348 g/mol. The zero-order valence-corrected chi connectivity index (χ0v) is 15.6. The maximum absolute atomic E-state index is 12.5. The molecule has 2 aromatic rings. The highest BCUT2D eigenvalue weighted by Gasteiger charge is 2.16.